The van der Waals surface area contributed by atoms with Gasteiger partial charge in [0.1, 0.15) is 0 Å². The Labute approximate surface area is 145 Å². The molecule has 2 aromatic carbocycles. The Bertz CT molecular complexity index is 884. The van der Waals surface area contributed by atoms with Gasteiger partial charge in [-0.2, -0.15) is 4.31 Å². The third-order valence-corrected chi connectivity index (χ3v) is 5.63. The maximum absolute atomic E-state index is 13.4. The van der Waals surface area contributed by atoms with Crippen molar-refractivity contribution in [1.29, 1.82) is 0 Å². The first kappa shape index (κ1) is 19.1. The summed E-state index contributed by atoms with van der Waals surface area (Å²) in [6.45, 7) is 1.85. The fourth-order valence-electron chi connectivity index (χ4n) is 2.34. The fourth-order valence-corrected chi connectivity index (χ4v) is 3.50. The van der Waals surface area contributed by atoms with Crippen LogP contribution < -0.4 is 9.47 Å². The van der Waals surface area contributed by atoms with E-state index in [0.29, 0.717) is 23.1 Å². The predicted octanol–water partition coefficient (Wildman–Crippen LogP) is 3.11. The molecule has 0 aliphatic carbocycles. The molecule has 0 saturated heterocycles. The van der Waals surface area contributed by atoms with Crippen molar-refractivity contribution >= 4 is 10.0 Å². The van der Waals surface area contributed by atoms with Gasteiger partial charge in [0.15, 0.2) is 23.1 Å². The lowest BCUT2D eigenvalue weighted by atomic mass is 10.1. The van der Waals surface area contributed by atoms with Gasteiger partial charge < -0.3 is 9.47 Å². The van der Waals surface area contributed by atoms with E-state index < -0.39 is 21.7 Å². The number of aryl methyl sites for hydroxylation is 1. The summed E-state index contributed by atoms with van der Waals surface area (Å²) in [7, 11) is 0.389. The quantitative estimate of drug-likeness (QED) is 0.783. The largest absolute Gasteiger partial charge is 0.493 e. The molecule has 0 unspecified atom stereocenters. The van der Waals surface area contributed by atoms with Crippen LogP contribution in [-0.2, 0) is 16.6 Å². The van der Waals surface area contributed by atoms with Crippen LogP contribution in [0.15, 0.2) is 35.2 Å². The Morgan fingerprint density at radius 3 is 2.16 bits per heavy atom. The third kappa shape index (κ3) is 3.91. The van der Waals surface area contributed by atoms with E-state index in [1.165, 1.54) is 21.3 Å². The van der Waals surface area contributed by atoms with Gasteiger partial charge in [-0.25, -0.2) is 17.2 Å². The monoisotopic (exact) mass is 371 g/mol. The van der Waals surface area contributed by atoms with Crippen molar-refractivity contribution in [2.75, 3.05) is 21.3 Å². The third-order valence-electron chi connectivity index (χ3n) is 3.83. The fraction of sp³-hybridized carbons (Fsp3) is 0.294. The molecule has 0 saturated carbocycles. The molecule has 0 aliphatic rings. The lowest BCUT2D eigenvalue weighted by molar-refractivity contribution is 0.353. The van der Waals surface area contributed by atoms with E-state index in [2.05, 4.69) is 0 Å². The molecule has 2 aromatic rings. The second kappa shape index (κ2) is 7.37. The highest BCUT2D eigenvalue weighted by atomic mass is 32.2. The van der Waals surface area contributed by atoms with Gasteiger partial charge in [-0.15, -0.1) is 0 Å². The van der Waals surface area contributed by atoms with Crippen molar-refractivity contribution in [1.82, 2.24) is 4.31 Å². The molecule has 25 heavy (non-hydrogen) atoms. The maximum Gasteiger partial charge on any atom is 0.243 e. The molecule has 0 amide bonds. The van der Waals surface area contributed by atoms with E-state index in [4.69, 9.17) is 9.47 Å². The van der Waals surface area contributed by atoms with Crippen LogP contribution in [0.1, 0.15) is 11.1 Å². The minimum Gasteiger partial charge on any atom is -0.493 e. The normalized spacial score (nSPS) is 11.6. The van der Waals surface area contributed by atoms with E-state index in [-0.39, 0.29) is 11.4 Å². The Kier molecular flexibility index (Phi) is 5.64. The van der Waals surface area contributed by atoms with Crippen molar-refractivity contribution in [2.45, 2.75) is 18.4 Å². The highest BCUT2D eigenvalue weighted by molar-refractivity contribution is 7.89. The molecule has 0 heterocycles. The minimum absolute atomic E-state index is 0.0352. The van der Waals surface area contributed by atoms with E-state index in [9.17, 15) is 17.2 Å². The number of hydrogen-bond donors (Lipinski definition) is 0. The van der Waals surface area contributed by atoms with Gasteiger partial charge in [0, 0.05) is 13.6 Å². The molecule has 136 valence electrons. The summed E-state index contributed by atoms with van der Waals surface area (Å²) in [5.41, 5.74) is 1.51. The van der Waals surface area contributed by atoms with Gasteiger partial charge in [0.05, 0.1) is 19.1 Å². The van der Waals surface area contributed by atoms with Crippen LogP contribution in [0, 0.1) is 18.6 Å². The summed E-state index contributed by atoms with van der Waals surface area (Å²) < 4.78 is 63.0. The molecular formula is C17H19F2NO4S. The highest BCUT2D eigenvalue weighted by Crippen LogP contribution is 2.31. The summed E-state index contributed by atoms with van der Waals surface area (Å²) in [5, 5.41) is 0. The Morgan fingerprint density at radius 1 is 1.00 bits per heavy atom. The standard InChI is InChI=1S/C17H19F2NO4S/c1-11-7-16(23-3)17(24-4)8-12(11)10-20(2)25(21,22)13-5-6-14(18)15(19)9-13/h5-9H,10H2,1-4H3. The van der Waals surface area contributed by atoms with Crippen LogP contribution in [0.5, 0.6) is 11.5 Å². The van der Waals surface area contributed by atoms with Crippen LogP contribution in [-0.4, -0.2) is 34.0 Å². The average Bonchev–Trinajstić information content (AvgIpc) is 2.58. The Balaban J connectivity index is 2.35. The molecule has 0 aliphatic heterocycles. The van der Waals surface area contributed by atoms with Crippen LogP contribution in [0.25, 0.3) is 0 Å². The predicted molar refractivity (Wildman–Crippen MR) is 89.3 cm³/mol. The second-order valence-electron chi connectivity index (χ2n) is 5.47. The highest BCUT2D eigenvalue weighted by Gasteiger charge is 2.23. The smallest absolute Gasteiger partial charge is 0.243 e. The average molecular weight is 371 g/mol. The zero-order valence-electron chi connectivity index (χ0n) is 14.3. The molecule has 0 atom stereocenters. The number of sulfonamides is 1. The number of hydrogen-bond acceptors (Lipinski definition) is 4. The van der Waals surface area contributed by atoms with Crippen molar-refractivity contribution in [3.8, 4) is 11.5 Å². The molecular weight excluding hydrogens is 352 g/mol. The molecule has 0 spiro atoms. The van der Waals surface area contributed by atoms with Gasteiger partial charge in [0.2, 0.25) is 10.0 Å². The van der Waals surface area contributed by atoms with Crippen LogP contribution in [0.3, 0.4) is 0 Å². The first-order valence-corrected chi connectivity index (χ1v) is 8.77. The van der Waals surface area contributed by atoms with Crippen molar-refractivity contribution in [3.63, 3.8) is 0 Å². The number of nitrogens with zero attached hydrogens (tertiary/aromatic N) is 1. The van der Waals surface area contributed by atoms with E-state index >= 15 is 0 Å². The number of benzene rings is 2. The summed E-state index contributed by atoms with van der Waals surface area (Å²) >= 11 is 0. The van der Waals surface area contributed by atoms with Crippen LogP contribution >= 0.6 is 0 Å². The van der Waals surface area contributed by atoms with E-state index in [1.807, 2.05) is 6.92 Å². The van der Waals surface area contributed by atoms with E-state index in [0.717, 1.165) is 22.0 Å². The molecule has 2 rings (SSSR count). The SMILES string of the molecule is COc1cc(C)c(CN(C)S(=O)(=O)c2ccc(F)c(F)c2)cc1OC. The van der Waals surface area contributed by atoms with Gasteiger partial charge in [-0.3, -0.25) is 0 Å². The first-order valence-electron chi connectivity index (χ1n) is 7.33. The Hall–Kier alpha value is -2.19. The van der Waals surface area contributed by atoms with Gasteiger partial charge in [0.25, 0.3) is 0 Å². The van der Waals surface area contributed by atoms with Crippen LogP contribution in [0.2, 0.25) is 0 Å². The van der Waals surface area contributed by atoms with Crippen molar-refractivity contribution < 1.29 is 26.7 Å². The summed E-state index contributed by atoms with van der Waals surface area (Å²) in [6.07, 6.45) is 0. The van der Waals surface area contributed by atoms with Crippen LogP contribution in [0.4, 0.5) is 8.78 Å². The number of methoxy groups -OCH3 is 2. The Morgan fingerprint density at radius 2 is 1.60 bits per heavy atom. The second-order valence-corrected chi connectivity index (χ2v) is 7.52. The zero-order chi connectivity index (χ0) is 18.8. The molecule has 5 nitrogen and oxygen atoms in total. The van der Waals surface area contributed by atoms with E-state index in [1.54, 1.807) is 12.1 Å². The lowest BCUT2D eigenvalue weighted by Gasteiger charge is -2.20. The van der Waals surface area contributed by atoms with Crippen molar-refractivity contribution in [2.24, 2.45) is 0 Å². The summed E-state index contributed by atoms with van der Waals surface area (Å²) in [5.74, 6) is -1.30. The van der Waals surface area contributed by atoms with Crippen molar-refractivity contribution in [3.05, 3.63) is 53.1 Å². The lowest BCUT2D eigenvalue weighted by Crippen LogP contribution is -2.27. The summed E-state index contributed by atoms with van der Waals surface area (Å²) in [6, 6.07) is 5.92. The van der Waals surface area contributed by atoms with Gasteiger partial charge in [-0.05, 0) is 48.4 Å². The molecule has 8 heteroatoms. The maximum atomic E-state index is 13.4. The number of halogens is 2. The number of rotatable bonds is 6. The zero-order valence-corrected chi connectivity index (χ0v) is 15.2. The van der Waals surface area contributed by atoms with Gasteiger partial charge in [-0.1, -0.05) is 0 Å². The summed E-state index contributed by atoms with van der Waals surface area (Å²) in [4.78, 5) is -0.313. The molecule has 0 bridgehead atoms. The van der Waals surface area contributed by atoms with Gasteiger partial charge >= 0.3 is 0 Å². The molecule has 0 aromatic heterocycles. The topological polar surface area (TPSA) is 55.8 Å². The number of ether oxygens (including phenoxy) is 2. The first-order chi connectivity index (χ1) is 11.7. The minimum atomic E-state index is -3.97. The molecule has 0 fully saturated rings. The molecule has 0 radical (unpaired) electrons. The molecule has 0 N–H and O–H groups in total.